The standard InChI is InChI=1S/C9H21BOS2/c1-4-8(5-2)13-11-9(12,6-3)7-10/h8,12H,4-7,10H2,1-3H3. The van der Waals surface area contributed by atoms with Gasteiger partial charge in [-0.05, 0) is 37.6 Å². The van der Waals surface area contributed by atoms with Crippen LogP contribution in [0, 0.1) is 0 Å². The van der Waals surface area contributed by atoms with Gasteiger partial charge in [-0.1, -0.05) is 20.8 Å². The van der Waals surface area contributed by atoms with Gasteiger partial charge in [-0.3, -0.25) is 4.18 Å². The highest BCUT2D eigenvalue weighted by Gasteiger charge is 2.23. The van der Waals surface area contributed by atoms with E-state index < -0.39 is 0 Å². The Balaban J connectivity index is 3.83. The average Bonchev–Trinajstić information content (AvgIpc) is 2.19. The fourth-order valence-corrected chi connectivity index (χ4v) is 1.90. The Morgan fingerprint density at radius 1 is 1.38 bits per heavy atom. The molecule has 0 spiro atoms. The molecule has 0 aromatic heterocycles. The van der Waals surface area contributed by atoms with E-state index in [9.17, 15) is 0 Å². The third-order valence-electron chi connectivity index (χ3n) is 2.35. The maximum Gasteiger partial charge on any atom is 0.118 e. The molecular weight excluding hydrogens is 199 g/mol. The molecule has 0 aliphatic rings. The predicted octanol–water partition coefficient (Wildman–Crippen LogP) is 2.93. The van der Waals surface area contributed by atoms with Gasteiger partial charge in [-0.25, -0.2) is 0 Å². The highest BCUT2D eigenvalue weighted by atomic mass is 32.2. The van der Waals surface area contributed by atoms with Crippen LogP contribution in [0.15, 0.2) is 0 Å². The largest absolute Gasteiger partial charge is 0.299 e. The summed E-state index contributed by atoms with van der Waals surface area (Å²) in [5, 5.41) is 0.615. The molecule has 0 rings (SSSR count). The first-order valence-corrected chi connectivity index (χ1v) is 6.43. The third kappa shape index (κ3) is 5.23. The second kappa shape index (κ2) is 7.07. The minimum Gasteiger partial charge on any atom is -0.299 e. The maximum absolute atomic E-state index is 5.75. The van der Waals surface area contributed by atoms with E-state index >= 15 is 0 Å². The maximum atomic E-state index is 5.75. The Hall–Kier alpha value is 0.725. The lowest BCUT2D eigenvalue weighted by molar-refractivity contribution is 0.221. The first-order chi connectivity index (χ1) is 6.11. The Labute approximate surface area is 93.4 Å². The topological polar surface area (TPSA) is 9.23 Å². The van der Waals surface area contributed by atoms with Crippen LogP contribution < -0.4 is 0 Å². The van der Waals surface area contributed by atoms with E-state index in [0.29, 0.717) is 5.25 Å². The fourth-order valence-electron chi connectivity index (χ4n) is 0.950. The summed E-state index contributed by atoms with van der Waals surface area (Å²) in [5.41, 5.74) is 0. The van der Waals surface area contributed by atoms with Crippen molar-refractivity contribution in [1.82, 2.24) is 0 Å². The van der Waals surface area contributed by atoms with Crippen LogP contribution >= 0.6 is 24.7 Å². The van der Waals surface area contributed by atoms with Gasteiger partial charge in [0.05, 0.1) is 0 Å². The van der Waals surface area contributed by atoms with Crippen LogP contribution in [0.4, 0.5) is 0 Å². The molecule has 1 atom stereocenters. The van der Waals surface area contributed by atoms with Crippen molar-refractivity contribution in [3.05, 3.63) is 0 Å². The molecule has 4 heteroatoms. The summed E-state index contributed by atoms with van der Waals surface area (Å²) in [4.78, 5) is -0.229. The van der Waals surface area contributed by atoms with Gasteiger partial charge < -0.3 is 0 Å². The zero-order chi connectivity index (χ0) is 10.3. The van der Waals surface area contributed by atoms with Crippen molar-refractivity contribution < 1.29 is 4.18 Å². The summed E-state index contributed by atoms with van der Waals surface area (Å²) in [6, 6.07) is 0. The molecule has 1 unspecified atom stereocenters. The van der Waals surface area contributed by atoms with E-state index in [-0.39, 0.29) is 4.93 Å². The SMILES string of the molecule is BCC(S)(CC)OSC(CC)CC. The first-order valence-electron chi connectivity index (χ1n) is 5.18. The lowest BCUT2D eigenvalue weighted by atomic mass is 9.97. The molecule has 0 N–H and O–H groups in total. The monoisotopic (exact) mass is 220 g/mol. The lowest BCUT2D eigenvalue weighted by Gasteiger charge is -2.26. The van der Waals surface area contributed by atoms with Crippen molar-refractivity contribution in [3.63, 3.8) is 0 Å². The van der Waals surface area contributed by atoms with E-state index in [1.165, 1.54) is 12.8 Å². The van der Waals surface area contributed by atoms with Gasteiger partial charge >= 0.3 is 0 Å². The van der Waals surface area contributed by atoms with Crippen molar-refractivity contribution in [3.8, 4) is 0 Å². The molecular formula is C9H21BOS2. The van der Waals surface area contributed by atoms with Crippen LogP contribution in [0.5, 0.6) is 0 Å². The van der Waals surface area contributed by atoms with E-state index in [1.807, 2.05) is 0 Å². The second-order valence-corrected chi connectivity index (χ2v) is 5.11. The summed E-state index contributed by atoms with van der Waals surface area (Å²) in [7, 11) is 2.12. The van der Waals surface area contributed by atoms with Crippen molar-refractivity contribution in [2.45, 2.75) is 56.5 Å². The highest BCUT2D eigenvalue weighted by Crippen LogP contribution is 2.32. The molecule has 0 heterocycles. The quantitative estimate of drug-likeness (QED) is 0.306. The predicted molar refractivity (Wildman–Crippen MR) is 68.4 cm³/mol. The summed E-state index contributed by atoms with van der Waals surface area (Å²) in [6.45, 7) is 6.51. The normalized spacial score (nSPS) is 16.1. The summed E-state index contributed by atoms with van der Waals surface area (Å²) >= 11 is 6.13. The molecule has 0 bridgehead atoms. The first kappa shape index (κ1) is 13.7. The zero-order valence-corrected chi connectivity index (χ0v) is 10.9. The molecule has 0 radical (unpaired) electrons. The number of hydrogen-bond acceptors (Lipinski definition) is 3. The van der Waals surface area contributed by atoms with Crippen LogP contribution in [0.2, 0.25) is 6.32 Å². The molecule has 1 nitrogen and oxygen atoms in total. The smallest absolute Gasteiger partial charge is 0.118 e. The van der Waals surface area contributed by atoms with Crippen LogP contribution in [-0.2, 0) is 4.18 Å². The fraction of sp³-hybridized carbons (Fsp3) is 1.00. The molecule has 0 saturated heterocycles. The van der Waals surface area contributed by atoms with E-state index in [2.05, 4.69) is 41.2 Å². The number of hydrogen-bond donors (Lipinski definition) is 1. The minimum absolute atomic E-state index is 0.229. The van der Waals surface area contributed by atoms with Gasteiger partial charge in [0, 0.05) is 5.25 Å². The summed E-state index contributed by atoms with van der Waals surface area (Å²) in [6.07, 6.45) is 4.25. The van der Waals surface area contributed by atoms with Crippen LogP contribution in [0.25, 0.3) is 0 Å². The molecule has 0 fully saturated rings. The van der Waals surface area contributed by atoms with Gasteiger partial charge in [0.1, 0.15) is 12.8 Å². The summed E-state index contributed by atoms with van der Waals surface area (Å²) in [5.74, 6) is 0. The highest BCUT2D eigenvalue weighted by molar-refractivity contribution is 7.96. The van der Waals surface area contributed by atoms with Gasteiger partial charge in [-0.15, -0.1) is 12.6 Å². The van der Waals surface area contributed by atoms with E-state index in [1.54, 1.807) is 12.0 Å². The molecule has 0 aliphatic carbocycles. The van der Waals surface area contributed by atoms with Crippen molar-refractivity contribution in [2.24, 2.45) is 0 Å². The third-order valence-corrected chi connectivity index (χ3v) is 4.56. The Kier molecular flexibility index (Phi) is 7.47. The van der Waals surface area contributed by atoms with Crippen LogP contribution in [0.1, 0.15) is 40.0 Å². The van der Waals surface area contributed by atoms with E-state index in [0.717, 1.165) is 12.7 Å². The van der Waals surface area contributed by atoms with Crippen LogP contribution in [-0.4, -0.2) is 18.0 Å². The number of thiol groups is 1. The molecule has 0 aromatic carbocycles. The van der Waals surface area contributed by atoms with Crippen molar-refractivity contribution in [1.29, 1.82) is 0 Å². The van der Waals surface area contributed by atoms with Crippen molar-refractivity contribution >= 4 is 32.5 Å². The summed E-state index contributed by atoms with van der Waals surface area (Å²) < 4.78 is 5.75. The van der Waals surface area contributed by atoms with E-state index in [4.69, 9.17) is 4.18 Å². The minimum atomic E-state index is -0.229. The van der Waals surface area contributed by atoms with Crippen LogP contribution in [0.3, 0.4) is 0 Å². The lowest BCUT2D eigenvalue weighted by Crippen LogP contribution is -2.22. The molecule has 13 heavy (non-hydrogen) atoms. The van der Waals surface area contributed by atoms with Gasteiger partial charge in [0.25, 0.3) is 0 Å². The number of rotatable bonds is 7. The molecule has 0 saturated carbocycles. The van der Waals surface area contributed by atoms with Gasteiger partial charge in [0.15, 0.2) is 0 Å². The van der Waals surface area contributed by atoms with Crippen molar-refractivity contribution in [2.75, 3.05) is 0 Å². The molecule has 0 aromatic rings. The van der Waals surface area contributed by atoms with Gasteiger partial charge in [0.2, 0.25) is 0 Å². The van der Waals surface area contributed by atoms with Gasteiger partial charge in [-0.2, -0.15) is 0 Å². The molecule has 0 aliphatic heterocycles. The Morgan fingerprint density at radius 2 is 1.92 bits per heavy atom. The molecule has 78 valence electrons. The zero-order valence-electron chi connectivity index (χ0n) is 9.17. The second-order valence-electron chi connectivity index (χ2n) is 3.27. The molecule has 0 amide bonds. The average molecular weight is 220 g/mol. The Bertz CT molecular complexity index is 125. The Morgan fingerprint density at radius 3 is 2.23 bits per heavy atom.